The standard InChI is InChI=1S/C21H22N2O4/c1-14-8-10-15(11-9-14)22-19-6-5-7-20(24)23(19)16-12-17(25-2)21(27-4)18(13-16)26-3/h5-13,22H,1-4H3. The minimum absolute atomic E-state index is 0.179. The molecule has 27 heavy (non-hydrogen) atoms. The third kappa shape index (κ3) is 3.74. The van der Waals surface area contributed by atoms with E-state index in [1.807, 2.05) is 37.3 Å². The van der Waals surface area contributed by atoms with Gasteiger partial charge < -0.3 is 19.5 Å². The Morgan fingerprint density at radius 1 is 0.852 bits per heavy atom. The van der Waals surface area contributed by atoms with Crippen molar-refractivity contribution in [2.45, 2.75) is 6.92 Å². The molecule has 0 aliphatic heterocycles. The third-order valence-electron chi connectivity index (χ3n) is 4.19. The molecule has 0 aliphatic carbocycles. The SMILES string of the molecule is COc1cc(-n2c(Nc3ccc(C)cc3)cccc2=O)cc(OC)c1OC. The maximum Gasteiger partial charge on any atom is 0.256 e. The number of aromatic nitrogens is 1. The van der Waals surface area contributed by atoms with Gasteiger partial charge in [-0.1, -0.05) is 23.8 Å². The number of benzene rings is 2. The average Bonchev–Trinajstić information content (AvgIpc) is 2.68. The van der Waals surface area contributed by atoms with Crippen LogP contribution in [-0.4, -0.2) is 25.9 Å². The molecular formula is C21H22N2O4. The summed E-state index contributed by atoms with van der Waals surface area (Å²) in [7, 11) is 4.62. The molecule has 0 amide bonds. The average molecular weight is 366 g/mol. The van der Waals surface area contributed by atoms with Crippen LogP contribution in [0, 0.1) is 6.92 Å². The number of ether oxygens (including phenoxy) is 3. The maximum absolute atomic E-state index is 12.6. The minimum Gasteiger partial charge on any atom is -0.493 e. The van der Waals surface area contributed by atoms with Gasteiger partial charge >= 0.3 is 0 Å². The molecule has 0 fully saturated rings. The highest BCUT2D eigenvalue weighted by atomic mass is 16.5. The summed E-state index contributed by atoms with van der Waals surface area (Å²) in [5, 5.41) is 3.29. The van der Waals surface area contributed by atoms with Crippen LogP contribution in [0.25, 0.3) is 5.69 Å². The number of methoxy groups -OCH3 is 3. The van der Waals surface area contributed by atoms with Crippen molar-refractivity contribution in [2.24, 2.45) is 0 Å². The number of rotatable bonds is 6. The fourth-order valence-electron chi connectivity index (χ4n) is 2.83. The van der Waals surface area contributed by atoms with Crippen LogP contribution >= 0.6 is 0 Å². The van der Waals surface area contributed by atoms with Crippen LogP contribution in [0.15, 0.2) is 59.4 Å². The lowest BCUT2D eigenvalue weighted by Crippen LogP contribution is -2.19. The first-order valence-electron chi connectivity index (χ1n) is 8.43. The van der Waals surface area contributed by atoms with Gasteiger partial charge in [-0.15, -0.1) is 0 Å². The number of nitrogens with one attached hydrogen (secondary N) is 1. The van der Waals surface area contributed by atoms with Gasteiger partial charge in [0, 0.05) is 23.9 Å². The number of nitrogens with zero attached hydrogens (tertiary/aromatic N) is 1. The molecule has 140 valence electrons. The molecule has 3 rings (SSSR count). The topological polar surface area (TPSA) is 61.7 Å². The van der Waals surface area contributed by atoms with Gasteiger partial charge in [0.2, 0.25) is 5.75 Å². The largest absolute Gasteiger partial charge is 0.493 e. The van der Waals surface area contributed by atoms with Gasteiger partial charge in [0.1, 0.15) is 5.82 Å². The van der Waals surface area contributed by atoms with Crippen molar-refractivity contribution in [1.29, 1.82) is 0 Å². The van der Waals surface area contributed by atoms with E-state index in [2.05, 4.69) is 5.32 Å². The summed E-state index contributed by atoms with van der Waals surface area (Å²) in [4.78, 5) is 12.6. The molecule has 1 heterocycles. The number of pyridine rings is 1. The van der Waals surface area contributed by atoms with Crippen LogP contribution in [0.3, 0.4) is 0 Å². The van der Waals surface area contributed by atoms with Gasteiger partial charge in [0.25, 0.3) is 5.56 Å². The first kappa shape index (κ1) is 18.4. The van der Waals surface area contributed by atoms with E-state index in [-0.39, 0.29) is 5.56 Å². The lowest BCUT2D eigenvalue weighted by Gasteiger charge is -2.18. The quantitative estimate of drug-likeness (QED) is 0.717. The fourth-order valence-corrected chi connectivity index (χ4v) is 2.83. The van der Waals surface area contributed by atoms with Gasteiger partial charge in [-0.25, -0.2) is 0 Å². The molecule has 0 atom stereocenters. The Labute approximate surface area is 157 Å². The molecule has 6 nitrogen and oxygen atoms in total. The van der Waals surface area contributed by atoms with Gasteiger partial charge in [-0.2, -0.15) is 0 Å². The van der Waals surface area contributed by atoms with Crippen molar-refractivity contribution < 1.29 is 14.2 Å². The van der Waals surface area contributed by atoms with E-state index >= 15 is 0 Å². The second-order valence-electron chi connectivity index (χ2n) is 5.96. The Bertz CT molecular complexity index is 969. The van der Waals surface area contributed by atoms with E-state index in [1.165, 1.54) is 6.07 Å². The summed E-state index contributed by atoms with van der Waals surface area (Å²) in [5.74, 6) is 2.05. The number of anilines is 2. The van der Waals surface area contributed by atoms with Gasteiger partial charge in [0.05, 0.1) is 27.0 Å². The highest BCUT2D eigenvalue weighted by Gasteiger charge is 2.16. The minimum atomic E-state index is -0.179. The van der Waals surface area contributed by atoms with Gasteiger partial charge in [0.15, 0.2) is 11.5 Å². The predicted molar refractivity (Wildman–Crippen MR) is 106 cm³/mol. The van der Waals surface area contributed by atoms with Gasteiger partial charge in [-0.3, -0.25) is 9.36 Å². The number of hydrogen-bond donors (Lipinski definition) is 1. The number of aryl methyl sites for hydroxylation is 1. The number of hydrogen-bond acceptors (Lipinski definition) is 5. The lowest BCUT2D eigenvalue weighted by atomic mass is 10.2. The summed E-state index contributed by atoms with van der Waals surface area (Å²) in [6, 6.07) is 16.5. The smallest absolute Gasteiger partial charge is 0.256 e. The van der Waals surface area contributed by atoms with Crippen LogP contribution in [-0.2, 0) is 0 Å². The molecule has 0 bridgehead atoms. The molecule has 0 spiro atoms. The van der Waals surface area contributed by atoms with E-state index in [0.29, 0.717) is 28.8 Å². The Morgan fingerprint density at radius 2 is 1.48 bits per heavy atom. The Kier molecular flexibility index (Phi) is 5.35. The van der Waals surface area contributed by atoms with Crippen molar-refractivity contribution >= 4 is 11.5 Å². The molecule has 1 N–H and O–H groups in total. The van der Waals surface area contributed by atoms with E-state index in [0.717, 1.165) is 11.3 Å². The highest BCUT2D eigenvalue weighted by molar-refractivity contribution is 5.63. The first-order valence-corrected chi connectivity index (χ1v) is 8.43. The lowest BCUT2D eigenvalue weighted by molar-refractivity contribution is 0.324. The zero-order chi connectivity index (χ0) is 19.4. The Morgan fingerprint density at radius 3 is 2.04 bits per heavy atom. The van der Waals surface area contributed by atoms with Crippen molar-refractivity contribution in [3.63, 3.8) is 0 Å². The zero-order valence-electron chi connectivity index (χ0n) is 15.8. The summed E-state index contributed by atoms with van der Waals surface area (Å²) in [6.45, 7) is 2.03. The van der Waals surface area contributed by atoms with Crippen LogP contribution < -0.4 is 25.1 Å². The predicted octanol–water partition coefficient (Wildman–Crippen LogP) is 3.92. The summed E-state index contributed by atoms with van der Waals surface area (Å²) in [6.07, 6.45) is 0. The molecule has 0 unspecified atom stereocenters. The van der Waals surface area contributed by atoms with Crippen LogP contribution in [0.2, 0.25) is 0 Å². The molecule has 0 saturated heterocycles. The first-order chi connectivity index (χ1) is 13.1. The Hall–Kier alpha value is -3.41. The van der Waals surface area contributed by atoms with Gasteiger partial charge in [-0.05, 0) is 25.1 Å². The van der Waals surface area contributed by atoms with Crippen LogP contribution in [0.1, 0.15) is 5.56 Å². The second-order valence-corrected chi connectivity index (χ2v) is 5.96. The van der Waals surface area contributed by atoms with Crippen LogP contribution in [0.5, 0.6) is 17.2 Å². The molecule has 0 aliphatic rings. The van der Waals surface area contributed by atoms with E-state index in [1.54, 1.807) is 44.1 Å². The Balaban J connectivity index is 2.14. The molecule has 0 saturated carbocycles. The molecule has 3 aromatic rings. The van der Waals surface area contributed by atoms with Crippen molar-refractivity contribution in [2.75, 3.05) is 26.6 Å². The second kappa shape index (κ2) is 7.86. The molecule has 6 heteroatoms. The maximum atomic E-state index is 12.6. The van der Waals surface area contributed by atoms with Crippen molar-refractivity contribution in [1.82, 2.24) is 4.57 Å². The summed E-state index contributed by atoms with van der Waals surface area (Å²) < 4.78 is 17.7. The highest BCUT2D eigenvalue weighted by Crippen LogP contribution is 2.39. The molecule has 2 aromatic carbocycles. The monoisotopic (exact) mass is 366 g/mol. The van der Waals surface area contributed by atoms with Crippen molar-refractivity contribution in [3.05, 3.63) is 70.5 Å². The molecule has 1 aromatic heterocycles. The van der Waals surface area contributed by atoms with Crippen molar-refractivity contribution in [3.8, 4) is 22.9 Å². The van der Waals surface area contributed by atoms with Crippen LogP contribution in [0.4, 0.5) is 11.5 Å². The zero-order valence-corrected chi connectivity index (χ0v) is 15.8. The van der Waals surface area contributed by atoms with E-state index in [4.69, 9.17) is 14.2 Å². The van der Waals surface area contributed by atoms with E-state index in [9.17, 15) is 4.79 Å². The fraction of sp³-hybridized carbons (Fsp3) is 0.190. The molecule has 0 radical (unpaired) electrons. The molecular weight excluding hydrogens is 344 g/mol. The normalized spacial score (nSPS) is 10.4. The summed E-state index contributed by atoms with van der Waals surface area (Å²) >= 11 is 0. The third-order valence-corrected chi connectivity index (χ3v) is 4.19. The van der Waals surface area contributed by atoms with E-state index < -0.39 is 0 Å². The summed E-state index contributed by atoms with van der Waals surface area (Å²) in [5.41, 5.74) is 2.47.